The Morgan fingerprint density at radius 1 is 1.25 bits per heavy atom. The molecule has 0 heterocycles. The minimum absolute atomic E-state index is 0.133. The first-order chi connectivity index (χ1) is 5.45. The minimum Gasteiger partial charge on any atom is -0.294 e. The van der Waals surface area contributed by atoms with E-state index in [0.29, 0.717) is 5.92 Å². The predicted molar refractivity (Wildman–Crippen MR) is 53.1 cm³/mol. The van der Waals surface area contributed by atoms with Gasteiger partial charge in [-0.05, 0) is 24.8 Å². The van der Waals surface area contributed by atoms with E-state index in [0.717, 1.165) is 12.0 Å². The molecule has 0 bridgehead atoms. The average Bonchev–Trinajstić information content (AvgIpc) is 1.98. The van der Waals surface area contributed by atoms with Crippen LogP contribution < -0.4 is 0 Å². The number of Topliss-reactive ketones (excluding diaryl/α,β-unsaturated/α-hetero) is 1. The van der Waals surface area contributed by atoms with E-state index in [4.69, 9.17) is 0 Å². The molecule has 0 atom stereocenters. The van der Waals surface area contributed by atoms with E-state index in [1.807, 2.05) is 26.8 Å². The number of carbonyl (C=O) groups excluding carboxylic acids is 1. The average molecular weight is 168 g/mol. The zero-order chi connectivity index (χ0) is 9.72. The maximum atomic E-state index is 11.4. The van der Waals surface area contributed by atoms with Crippen LogP contribution in [0.1, 0.15) is 41.0 Å². The lowest BCUT2D eigenvalue weighted by molar-refractivity contribution is -0.118. The summed E-state index contributed by atoms with van der Waals surface area (Å²) in [6, 6.07) is 0. The summed E-state index contributed by atoms with van der Waals surface area (Å²) in [5.41, 5.74) is 0.915. The van der Waals surface area contributed by atoms with Gasteiger partial charge in [-0.1, -0.05) is 33.8 Å². The summed E-state index contributed by atoms with van der Waals surface area (Å²) in [6.45, 7) is 10.1. The van der Waals surface area contributed by atoms with Crippen LogP contribution in [0, 0.1) is 11.8 Å². The molecule has 0 unspecified atom stereocenters. The minimum atomic E-state index is 0.133. The van der Waals surface area contributed by atoms with Gasteiger partial charge in [0.25, 0.3) is 0 Å². The fraction of sp³-hybridized carbons (Fsp3) is 0.727. The van der Waals surface area contributed by atoms with Gasteiger partial charge in [0.15, 0.2) is 5.78 Å². The van der Waals surface area contributed by atoms with E-state index in [9.17, 15) is 4.79 Å². The molecular weight excluding hydrogens is 148 g/mol. The quantitative estimate of drug-likeness (QED) is 0.589. The van der Waals surface area contributed by atoms with Crippen LogP contribution in [-0.4, -0.2) is 5.78 Å². The van der Waals surface area contributed by atoms with E-state index in [1.165, 1.54) is 0 Å². The van der Waals surface area contributed by atoms with Crippen molar-refractivity contribution in [2.75, 3.05) is 0 Å². The molecule has 0 aliphatic heterocycles. The Bertz CT molecular complexity index is 175. The smallest absolute Gasteiger partial charge is 0.160 e. The molecule has 0 spiro atoms. The van der Waals surface area contributed by atoms with Crippen molar-refractivity contribution in [1.29, 1.82) is 0 Å². The molecule has 0 saturated heterocycles. The first-order valence-corrected chi connectivity index (χ1v) is 4.66. The van der Waals surface area contributed by atoms with Crippen LogP contribution in [0.4, 0.5) is 0 Å². The van der Waals surface area contributed by atoms with E-state index in [1.54, 1.807) is 0 Å². The number of ketones is 1. The van der Waals surface area contributed by atoms with Crippen molar-refractivity contribution in [2.24, 2.45) is 11.8 Å². The number of allylic oxidation sites excluding steroid dienone is 2. The van der Waals surface area contributed by atoms with Gasteiger partial charge in [-0.2, -0.15) is 0 Å². The third-order valence-corrected chi connectivity index (χ3v) is 1.81. The maximum absolute atomic E-state index is 11.4. The van der Waals surface area contributed by atoms with Gasteiger partial charge >= 0.3 is 0 Å². The Kier molecular flexibility index (Phi) is 4.87. The van der Waals surface area contributed by atoms with Crippen LogP contribution in [0.15, 0.2) is 11.6 Å². The lowest BCUT2D eigenvalue weighted by Crippen LogP contribution is -2.08. The number of hydrogen-bond donors (Lipinski definition) is 0. The monoisotopic (exact) mass is 168 g/mol. The lowest BCUT2D eigenvalue weighted by atomic mass is 10.00. The summed E-state index contributed by atoms with van der Waals surface area (Å²) in [5, 5.41) is 0. The summed E-state index contributed by atoms with van der Waals surface area (Å²) < 4.78 is 0. The Balaban J connectivity index is 4.09. The highest BCUT2D eigenvalue weighted by atomic mass is 16.1. The van der Waals surface area contributed by atoms with Gasteiger partial charge in [0.2, 0.25) is 0 Å². The molecule has 0 amide bonds. The summed E-state index contributed by atoms with van der Waals surface area (Å²) in [4.78, 5) is 11.4. The highest BCUT2D eigenvalue weighted by Crippen LogP contribution is 2.09. The van der Waals surface area contributed by atoms with Crippen LogP contribution in [-0.2, 0) is 4.79 Å². The molecule has 1 heteroatoms. The normalized spacial score (nSPS) is 12.8. The second kappa shape index (κ2) is 5.13. The second-order valence-electron chi connectivity index (χ2n) is 4.04. The zero-order valence-corrected chi connectivity index (χ0v) is 8.85. The van der Waals surface area contributed by atoms with Gasteiger partial charge < -0.3 is 0 Å². The molecular formula is C11H20O. The third-order valence-electron chi connectivity index (χ3n) is 1.81. The van der Waals surface area contributed by atoms with Crippen LogP contribution in [0.5, 0.6) is 0 Å². The SMILES string of the molecule is CC(=CCC(C)C)C(=O)C(C)C. The van der Waals surface area contributed by atoms with Gasteiger partial charge in [-0.25, -0.2) is 0 Å². The topological polar surface area (TPSA) is 17.1 Å². The molecule has 0 aromatic carbocycles. The van der Waals surface area contributed by atoms with Crippen molar-refractivity contribution in [1.82, 2.24) is 0 Å². The van der Waals surface area contributed by atoms with Gasteiger partial charge in [0.05, 0.1) is 0 Å². The van der Waals surface area contributed by atoms with E-state index in [2.05, 4.69) is 13.8 Å². The fourth-order valence-electron chi connectivity index (χ4n) is 0.968. The second-order valence-corrected chi connectivity index (χ2v) is 4.04. The Hall–Kier alpha value is -0.590. The molecule has 0 aliphatic rings. The van der Waals surface area contributed by atoms with Crippen molar-refractivity contribution in [3.05, 3.63) is 11.6 Å². The highest BCUT2D eigenvalue weighted by Gasteiger charge is 2.08. The summed E-state index contributed by atoms with van der Waals surface area (Å²) >= 11 is 0. The van der Waals surface area contributed by atoms with Crippen LogP contribution >= 0.6 is 0 Å². The molecule has 0 rings (SSSR count). The van der Waals surface area contributed by atoms with E-state index >= 15 is 0 Å². The molecule has 0 aromatic rings. The molecule has 12 heavy (non-hydrogen) atoms. The largest absolute Gasteiger partial charge is 0.294 e. The molecule has 0 aliphatic carbocycles. The molecule has 1 nitrogen and oxygen atoms in total. The summed E-state index contributed by atoms with van der Waals surface area (Å²) in [7, 11) is 0. The number of rotatable bonds is 4. The van der Waals surface area contributed by atoms with Crippen LogP contribution in [0.3, 0.4) is 0 Å². The van der Waals surface area contributed by atoms with Gasteiger partial charge in [0, 0.05) is 5.92 Å². The Morgan fingerprint density at radius 3 is 2.08 bits per heavy atom. The Labute approximate surface area is 75.9 Å². The van der Waals surface area contributed by atoms with Crippen LogP contribution in [0.25, 0.3) is 0 Å². The van der Waals surface area contributed by atoms with Crippen molar-refractivity contribution >= 4 is 5.78 Å². The van der Waals surface area contributed by atoms with Crippen molar-refractivity contribution in [3.8, 4) is 0 Å². The van der Waals surface area contributed by atoms with Gasteiger partial charge in [-0.3, -0.25) is 4.79 Å². The van der Waals surface area contributed by atoms with E-state index in [-0.39, 0.29) is 11.7 Å². The lowest BCUT2D eigenvalue weighted by Gasteiger charge is -2.05. The summed E-state index contributed by atoms with van der Waals surface area (Å²) in [5.74, 6) is 1.05. The predicted octanol–water partition coefficient (Wildman–Crippen LogP) is 3.20. The molecule has 0 radical (unpaired) electrons. The first-order valence-electron chi connectivity index (χ1n) is 4.66. The molecule has 0 N–H and O–H groups in total. The molecule has 0 saturated carbocycles. The zero-order valence-electron chi connectivity index (χ0n) is 8.85. The van der Waals surface area contributed by atoms with Crippen molar-refractivity contribution in [3.63, 3.8) is 0 Å². The first kappa shape index (κ1) is 11.4. The maximum Gasteiger partial charge on any atom is 0.160 e. The summed E-state index contributed by atoms with van der Waals surface area (Å²) in [6.07, 6.45) is 3.05. The third kappa shape index (κ3) is 4.32. The Morgan fingerprint density at radius 2 is 1.75 bits per heavy atom. The molecule has 0 fully saturated rings. The van der Waals surface area contributed by atoms with Crippen molar-refractivity contribution < 1.29 is 4.79 Å². The number of carbonyl (C=O) groups is 1. The van der Waals surface area contributed by atoms with Crippen molar-refractivity contribution in [2.45, 2.75) is 41.0 Å². The van der Waals surface area contributed by atoms with Gasteiger partial charge in [0.1, 0.15) is 0 Å². The van der Waals surface area contributed by atoms with Crippen LogP contribution in [0.2, 0.25) is 0 Å². The van der Waals surface area contributed by atoms with Gasteiger partial charge in [-0.15, -0.1) is 0 Å². The molecule has 0 aromatic heterocycles. The highest BCUT2D eigenvalue weighted by molar-refractivity contribution is 5.96. The van der Waals surface area contributed by atoms with E-state index < -0.39 is 0 Å². The fourth-order valence-corrected chi connectivity index (χ4v) is 0.968. The standard InChI is InChI=1S/C11H20O/c1-8(2)6-7-10(5)11(12)9(3)4/h7-9H,6H2,1-5H3. The number of hydrogen-bond acceptors (Lipinski definition) is 1. The molecule has 70 valence electrons.